The third-order valence-electron chi connectivity index (χ3n) is 4.52. The molecule has 1 heterocycles. The summed E-state index contributed by atoms with van der Waals surface area (Å²) in [5.41, 5.74) is 1.31. The van der Waals surface area contributed by atoms with Crippen LogP contribution in [0.15, 0.2) is 54.7 Å². The van der Waals surface area contributed by atoms with Gasteiger partial charge in [0, 0.05) is 17.6 Å². The van der Waals surface area contributed by atoms with E-state index in [4.69, 9.17) is 4.74 Å². The van der Waals surface area contributed by atoms with E-state index in [1.54, 1.807) is 36.4 Å². The molecule has 1 aromatic heterocycles. The van der Waals surface area contributed by atoms with Gasteiger partial charge in [-0.2, -0.15) is 18.2 Å². The van der Waals surface area contributed by atoms with Crippen molar-refractivity contribution in [3.63, 3.8) is 0 Å². The molecule has 2 N–H and O–H groups in total. The summed E-state index contributed by atoms with van der Waals surface area (Å²) in [6.45, 7) is 6.73. The van der Waals surface area contributed by atoms with Crippen LogP contribution in [-0.4, -0.2) is 16.6 Å². The van der Waals surface area contributed by atoms with Gasteiger partial charge in [0.1, 0.15) is 17.1 Å². The van der Waals surface area contributed by atoms with Crippen molar-refractivity contribution in [3.05, 3.63) is 65.9 Å². The van der Waals surface area contributed by atoms with E-state index in [1.165, 1.54) is 0 Å². The molecule has 0 aliphatic carbocycles. The standard InChI is InChI=1S/C23H25F3N4O/c1-4-13-31-19-11-9-18(10-12-19)29-22-27-14-20(23(24,25)26)21(30-22)28-17-7-5-16(6-8-17)15(2)3/h5-12,14-15H,4,13H2,1-3H3,(H2,27,28,29,30). The molecule has 0 atom stereocenters. The van der Waals surface area contributed by atoms with Crippen molar-refractivity contribution in [2.45, 2.75) is 39.3 Å². The number of halogens is 3. The second-order valence-electron chi connectivity index (χ2n) is 7.35. The van der Waals surface area contributed by atoms with Crippen molar-refractivity contribution in [1.29, 1.82) is 0 Å². The van der Waals surface area contributed by atoms with Crippen molar-refractivity contribution in [2.75, 3.05) is 17.2 Å². The first-order valence-corrected chi connectivity index (χ1v) is 10.1. The molecule has 0 amide bonds. The lowest BCUT2D eigenvalue weighted by Crippen LogP contribution is -2.12. The largest absolute Gasteiger partial charge is 0.494 e. The molecule has 31 heavy (non-hydrogen) atoms. The van der Waals surface area contributed by atoms with E-state index in [0.717, 1.165) is 18.2 Å². The zero-order chi connectivity index (χ0) is 22.4. The fourth-order valence-electron chi connectivity index (χ4n) is 2.82. The molecule has 0 aliphatic rings. The highest BCUT2D eigenvalue weighted by Gasteiger charge is 2.35. The number of benzene rings is 2. The maximum atomic E-state index is 13.5. The maximum Gasteiger partial charge on any atom is 0.421 e. The first-order valence-electron chi connectivity index (χ1n) is 10.1. The van der Waals surface area contributed by atoms with Gasteiger partial charge in [0.2, 0.25) is 5.95 Å². The molecule has 0 bridgehead atoms. The van der Waals surface area contributed by atoms with Crippen LogP contribution in [-0.2, 0) is 6.18 Å². The summed E-state index contributed by atoms with van der Waals surface area (Å²) in [6.07, 6.45) is -2.91. The maximum absolute atomic E-state index is 13.5. The van der Waals surface area contributed by atoms with Gasteiger partial charge in [-0.25, -0.2) is 4.98 Å². The number of hydrogen-bond donors (Lipinski definition) is 2. The molecular formula is C23H25F3N4O. The van der Waals surface area contributed by atoms with Gasteiger partial charge in [-0.3, -0.25) is 0 Å². The molecule has 0 spiro atoms. The van der Waals surface area contributed by atoms with E-state index in [9.17, 15) is 13.2 Å². The molecule has 3 aromatic rings. The molecule has 0 saturated carbocycles. The van der Waals surface area contributed by atoms with Crippen molar-refractivity contribution >= 4 is 23.1 Å². The zero-order valence-electron chi connectivity index (χ0n) is 17.6. The lowest BCUT2D eigenvalue weighted by Gasteiger charge is -2.15. The molecule has 0 saturated heterocycles. The SMILES string of the molecule is CCCOc1ccc(Nc2ncc(C(F)(F)F)c(Nc3ccc(C(C)C)cc3)n2)cc1. The summed E-state index contributed by atoms with van der Waals surface area (Å²) in [7, 11) is 0. The van der Waals surface area contributed by atoms with Crippen LogP contribution in [0.1, 0.15) is 44.2 Å². The molecule has 8 heteroatoms. The smallest absolute Gasteiger partial charge is 0.421 e. The Balaban J connectivity index is 1.83. The van der Waals surface area contributed by atoms with Gasteiger partial charge >= 0.3 is 6.18 Å². The fraction of sp³-hybridized carbons (Fsp3) is 0.304. The van der Waals surface area contributed by atoms with E-state index >= 15 is 0 Å². The number of hydrogen-bond acceptors (Lipinski definition) is 5. The number of nitrogens with one attached hydrogen (secondary N) is 2. The van der Waals surface area contributed by atoms with E-state index in [0.29, 0.717) is 29.6 Å². The summed E-state index contributed by atoms with van der Waals surface area (Å²) in [5.74, 6) is 0.781. The predicted octanol–water partition coefficient (Wildman–Crippen LogP) is 6.89. The van der Waals surface area contributed by atoms with Crippen LogP contribution < -0.4 is 15.4 Å². The minimum atomic E-state index is -4.59. The summed E-state index contributed by atoms with van der Waals surface area (Å²) in [5, 5.41) is 5.70. The summed E-state index contributed by atoms with van der Waals surface area (Å²) < 4.78 is 45.9. The second kappa shape index (κ2) is 9.68. The van der Waals surface area contributed by atoms with Gasteiger partial charge in [-0.05, 0) is 54.3 Å². The predicted molar refractivity (Wildman–Crippen MR) is 116 cm³/mol. The topological polar surface area (TPSA) is 59.1 Å². The third-order valence-corrected chi connectivity index (χ3v) is 4.52. The van der Waals surface area contributed by atoms with Crippen molar-refractivity contribution < 1.29 is 17.9 Å². The number of nitrogens with zero attached hydrogens (tertiary/aromatic N) is 2. The zero-order valence-corrected chi connectivity index (χ0v) is 17.6. The average Bonchev–Trinajstić information content (AvgIpc) is 2.73. The molecule has 0 unspecified atom stereocenters. The Kier molecular flexibility index (Phi) is 6.99. The van der Waals surface area contributed by atoms with Gasteiger partial charge in [0.25, 0.3) is 0 Å². The lowest BCUT2D eigenvalue weighted by molar-refractivity contribution is -0.137. The lowest BCUT2D eigenvalue weighted by atomic mass is 10.0. The van der Waals surface area contributed by atoms with Crippen LogP contribution in [0.25, 0.3) is 0 Å². The Morgan fingerprint density at radius 2 is 1.55 bits per heavy atom. The minimum Gasteiger partial charge on any atom is -0.494 e. The normalized spacial score (nSPS) is 11.5. The Labute approximate surface area is 179 Å². The van der Waals surface area contributed by atoms with Crippen molar-refractivity contribution in [2.24, 2.45) is 0 Å². The third kappa shape index (κ3) is 6.10. The van der Waals surface area contributed by atoms with E-state index in [2.05, 4.69) is 34.4 Å². The van der Waals surface area contributed by atoms with Gasteiger partial charge in [0.05, 0.1) is 6.61 Å². The number of alkyl halides is 3. The summed E-state index contributed by atoms with van der Waals surface area (Å²) >= 11 is 0. The van der Waals surface area contributed by atoms with Crippen LogP contribution in [0.4, 0.5) is 36.3 Å². The van der Waals surface area contributed by atoms with Crippen LogP contribution in [0.3, 0.4) is 0 Å². The van der Waals surface area contributed by atoms with E-state index in [-0.39, 0.29) is 11.8 Å². The van der Waals surface area contributed by atoms with Gasteiger partial charge in [0.15, 0.2) is 0 Å². The summed E-state index contributed by atoms with van der Waals surface area (Å²) in [6, 6.07) is 14.3. The van der Waals surface area contributed by atoms with E-state index in [1.807, 2.05) is 19.1 Å². The number of ether oxygens (including phenoxy) is 1. The molecule has 2 aromatic carbocycles. The summed E-state index contributed by atoms with van der Waals surface area (Å²) in [4.78, 5) is 7.91. The Hall–Kier alpha value is -3.29. The van der Waals surface area contributed by atoms with Gasteiger partial charge in [-0.1, -0.05) is 32.9 Å². The first kappa shape index (κ1) is 22.4. The minimum absolute atomic E-state index is 0.0523. The molecule has 3 rings (SSSR count). The fourth-order valence-corrected chi connectivity index (χ4v) is 2.82. The van der Waals surface area contributed by atoms with Gasteiger partial charge in [-0.15, -0.1) is 0 Å². The molecule has 0 fully saturated rings. The quantitative estimate of drug-likeness (QED) is 0.407. The first-order chi connectivity index (χ1) is 14.8. The van der Waals surface area contributed by atoms with Gasteiger partial charge < -0.3 is 15.4 Å². The Morgan fingerprint density at radius 1 is 0.935 bits per heavy atom. The van der Waals surface area contributed by atoms with Crippen molar-refractivity contribution in [1.82, 2.24) is 9.97 Å². The van der Waals surface area contributed by atoms with E-state index < -0.39 is 11.7 Å². The highest BCUT2D eigenvalue weighted by molar-refractivity contribution is 5.63. The highest BCUT2D eigenvalue weighted by atomic mass is 19.4. The molecular weight excluding hydrogens is 405 g/mol. The number of rotatable bonds is 8. The molecule has 5 nitrogen and oxygen atoms in total. The van der Waals surface area contributed by atoms with Crippen molar-refractivity contribution in [3.8, 4) is 5.75 Å². The molecule has 0 radical (unpaired) electrons. The Bertz CT molecular complexity index is 987. The average molecular weight is 430 g/mol. The van der Waals surface area contributed by atoms with Crippen LogP contribution in [0.5, 0.6) is 5.75 Å². The molecule has 0 aliphatic heterocycles. The monoisotopic (exact) mass is 430 g/mol. The second-order valence-corrected chi connectivity index (χ2v) is 7.35. The highest BCUT2D eigenvalue weighted by Crippen LogP contribution is 2.35. The number of anilines is 4. The number of aromatic nitrogens is 2. The van der Waals surface area contributed by atoms with Crippen LogP contribution >= 0.6 is 0 Å². The molecule has 164 valence electrons. The van der Waals surface area contributed by atoms with Crippen LogP contribution in [0.2, 0.25) is 0 Å². The Morgan fingerprint density at radius 3 is 2.13 bits per heavy atom. The van der Waals surface area contributed by atoms with Crippen LogP contribution in [0, 0.1) is 0 Å².